The minimum atomic E-state index is -1.09. The third-order valence-corrected chi connectivity index (χ3v) is 7.45. The summed E-state index contributed by atoms with van der Waals surface area (Å²) in [6.45, 7) is 1.79. The Morgan fingerprint density at radius 3 is 2.64 bits per heavy atom. The van der Waals surface area contributed by atoms with Crippen LogP contribution < -0.4 is 14.8 Å². The molecule has 4 atom stereocenters. The molecular weight excluding hydrogens is 464 g/mol. The van der Waals surface area contributed by atoms with Gasteiger partial charge in [0, 0.05) is 35.7 Å². The van der Waals surface area contributed by atoms with E-state index in [2.05, 4.69) is 5.32 Å². The molecule has 1 aromatic rings. The number of carbonyl (C=O) groups is 3. The first-order valence-electron chi connectivity index (χ1n) is 12.9. The number of hydrogen-bond acceptors (Lipinski definition) is 7. The van der Waals surface area contributed by atoms with Crippen molar-refractivity contribution in [2.45, 2.75) is 82.1 Å². The molecule has 2 amide bonds. The first-order chi connectivity index (χ1) is 17.4. The van der Waals surface area contributed by atoms with Crippen molar-refractivity contribution in [1.82, 2.24) is 10.2 Å². The Morgan fingerprint density at radius 1 is 1.25 bits per heavy atom. The minimum absolute atomic E-state index is 0.0213. The number of aliphatic hydroxyl groups is 2. The van der Waals surface area contributed by atoms with Crippen molar-refractivity contribution in [3.05, 3.63) is 34.9 Å². The van der Waals surface area contributed by atoms with E-state index in [9.17, 15) is 24.6 Å². The number of nitrogens with zero attached hydrogens (tertiary/aromatic N) is 1. The Kier molecular flexibility index (Phi) is 8.31. The van der Waals surface area contributed by atoms with Gasteiger partial charge in [0.25, 0.3) is 0 Å². The molecule has 1 aliphatic heterocycles. The van der Waals surface area contributed by atoms with Crippen LogP contribution in [0.3, 0.4) is 0 Å². The summed E-state index contributed by atoms with van der Waals surface area (Å²) in [6.07, 6.45) is 6.32. The molecular formula is C27H36N2O7. The van der Waals surface area contributed by atoms with Crippen LogP contribution in [-0.2, 0) is 9.59 Å². The van der Waals surface area contributed by atoms with E-state index in [0.29, 0.717) is 47.3 Å². The highest BCUT2D eigenvalue weighted by Crippen LogP contribution is 2.51. The summed E-state index contributed by atoms with van der Waals surface area (Å²) in [6, 6.07) is 2.44. The first-order valence-corrected chi connectivity index (χ1v) is 12.9. The van der Waals surface area contributed by atoms with Gasteiger partial charge in [0.05, 0.1) is 25.7 Å². The molecule has 196 valence electrons. The number of rotatable bonds is 9. The lowest BCUT2D eigenvalue weighted by Crippen LogP contribution is -2.58. The second-order valence-corrected chi connectivity index (χ2v) is 9.75. The topological polar surface area (TPSA) is 125 Å². The Morgan fingerprint density at radius 2 is 2.00 bits per heavy atom. The van der Waals surface area contributed by atoms with Gasteiger partial charge < -0.3 is 29.9 Å². The summed E-state index contributed by atoms with van der Waals surface area (Å²) in [5, 5.41) is 23.6. The maximum atomic E-state index is 13.4. The Bertz CT molecular complexity index is 1020. The predicted molar refractivity (Wildman–Crippen MR) is 132 cm³/mol. The van der Waals surface area contributed by atoms with Gasteiger partial charge in [0.2, 0.25) is 11.8 Å². The molecule has 2 aliphatic carbocycles. The van der Waals surface area contributed by atoms with E-state index in [-0.39, 0.29) is 25.1 Å². The zero-order valence-electron chi connectivity index (χ0n) is 20.9. The molecule has 4 unspecified atom stereocenters. The first kappa shape index (κ1) is 26.2. The van der Waals surface area contributed by atoms with Gasteiger partial charge in [-0.15, -0.1) is 0 Å². The van der Waals surface area contributed by atoms with Crippen LogP contribution in [-0.4, -0.2) is 77.8 Å². The lowest BCUT2D eigenvalue weighted by molar-refractivity contribution is -0.141. The van der Waals surface area contributed by atoms with E-state index >= 15 is 0 Å². The standard InChI is InChI=1S/C27H36N2O7/c1-3-7-22(32)29(17-8-5-4-6-9-17)20-14-19(27(34)28-10-11-30)23-18-12-16(15-31)13-21(35-2)25(18)36-26(23)24(20)33/h12-15,17,20,23-24,26,30,33H,3-11H2,1-2H3,(H,28,34). The number of ether oxygens (including phenoxy) is 2. The van der Waals surface area contributed by atoms with Gasteiger partial charge in [-0.3, -0.25) is 14.4 Å². The number of methoxy groups -OCH3 is 1. The number of benzene rings is 1. The SMILES string of the molecule is CCCC(=O)N(C1CCCCC1)C1C=C(C(=O)NCCO)C2c3cc(C=O)cc(OC)c3OC2C1O. The van der Waals surface area contributed by atoms with Crippen molar-refractivity contribution < 1.29 is 34.1 Å². The molecule has 3 N–H and O–H groups in total. The zero-order valence-corrected chi connectivity index (χ0v) is 20.9. The van der Waals surface area contributed by atoms with Gasteiger partial charge in [-0.05, 0) is 37.5 Å². The highest BCUT2D eigenvalue weighted by Gasteiger charge is 2.52. The fourth-order valence-electron chi connectivity index (χ4n) is 5.84. The highest BCUT2D eigenvalue weighted by atomic mass is 16.5. The van der Waals surface area contributed by atoms with Gasteiger partial charge in [-0.1, -0.05) is 26.2 Å². The number of carbonyl (C=O) groups excluding carboxylic acids is 3. The third kappa shape index (κ3) is 4.86. The average molecular weight is 501 g/mol. The fraction of sp³-hybridized carbons (Fsp3) is 0.593. The molecule has 9 heteroatoms. The van der Waals surface area contributed by atoms with Crippen LogP contribution in [0.4, 0.5) is 0 Å². The Labute approximate surface area is 211 Å². The van der Waals surface area contributed by atoms with Crippen LogP contribution in [0.15, 0.2) is 23.8 Å². The molecule has 1 saturated carbocycles. The summed E-state index contributed by atoms with van der Waals surface area (Å²) >= 11 is 0. The molecule has 1 heterocycles. The van der Waals surface area contributed by atoms with E-state index in [1.807, 2.05) is 6.92 Å². The maximum absolute atomic E-state index is 13.4. The molecule has 9 nitrogen and oxygen atoms in total. The molecule has 3 aliphatic rings. The van der Waals surface area contributed by atoms with Gasteiger partial charge in [-0.25, -0.2) is 0 Å². The van der Waals surface area contributed by atoms with Gasteiger partial charge in [-0.2, -0.15) is 0 Å². The summed E-state index contributed by atoms with van der Waals surface area (Å²) in [5.74, 6) is -0.394. The van der Waals surface area contributed by atoms with Crippen molar-refractivity contribution >= 4 is 18.1 Å². The van der Waals surface area contributed by atoms with Crippen molar-refractivity contribution in [2.24, 2.45) is 0 Å². The number of hydrogen-bond donors (Lipinski definition) is 3. The number of nitrogens with one attached hydrogen (secondary N) is 1. The van der Waals surface area contributed by atoms with Crippen molar-refractivity contribution in [1.29, 1.82) is 0 Å². The minimum Gasteiger partial charge on any atom is -0.493 e. The largest absolute Gasteiger partial charge is 0.493 e. The Balaban J connectivity index is 1.81. The van der Waals surface area contributed by atoms with Gasteiger partial charge in [0.1, 0.15) is 18.5 Å². The smallest absolute Gasteiger partial charge is 0.247 e. The van der Waals surface area contributed by atoms with Crippen molar-refractivity contribution in [3.8, 4) is 11.5 Å². The van der Waals surface area contributed by atoms with Gasteiger partial charge in [0.15, 0.2) is 11.5 Å². The third-order valence-electron chi connectivity index (χ3n) is 7.45. The van der Waals surface area contributed by atoms with Crippen LogP contribution >= 0.6 is 0 Å². The van der Waals surface area contributed by atoms with Crippen LogP contribution in [0, 0.1) is 0 Å². The summed E-state index contributed by atoms with van der Waals surface area (Å²) < 4.78 is 11.7. The molecule has 0 aromatic heterocycles. The second kappa shape index (κ2) is 11.4. The van der Waals surface area contributed by atoms with Crippen molar-refractivity contribution in [2.75, 3.05) is 20.3 Å². The van der Waals surface area contributed by atoms with Gasteiger partial charge >= 0.3 is 0 Å². The zero-order chi connectivity index (χ0) is 25.8. The second-order valence-electron chi connectivity index (χ2n) is 9.75. The molecule has 0 spiro atoms. The molecule has 4 rings (SSSR count). The van der Waals surface area contributed by atoms with Crippen molar-refractivity contribution in [3.63, 3.8) is 0 Å². The summed E-state index contributed by atoms with van der Waals surface area (Å²) in [5.41, 5.74) is 1.29. The maximum Gasteiger partial charge on any atom is 0.247 e. The molecule has 1 fully saturated rings. The Hall–Kier alpha value is -2.91. The van der Waals surface area contributed by atoms with Crippen LogP contribution in [0.25, 0.3) is 0 Å². The number of aliphatic hydroxyl groups excluding tert-OH is 2. The summed E-state index contributed by atoms with van der Waals surface area (Å²) in [4.78, 5) is 40.1. The normalized spacial score (nSPS) is 25.2. The monoisotopic (exact) mass is 500 g/mol. The van der Waals surface area contributed by atoms with E-state index in [1.54, 1.807) is 23.1 Å². The molecule has 0 bridgehead atoms. The van der Waals surface area contributed by atoms with E-state index in [1.165, 1.54) is 7.11 Å². The fourth-order valence-corrected chi connectivity index (χ4v) is 5.84. The van der Waals surface area contributed by atoms with Crippen LogP contribution in [0.1, 0.15) is 73.7 Å². The quantitative estimate of drug-likeness (QED) is 0.444. The molecule has 1 aromatic carbocycles. The van der Waals surface area contributed by atoms with E-state index in [4.69, 9.17) is 9.47 Å². The number of aldehydes is 1. The average Bonchev–Trinajstić information content (AvgIpc) is 3.29. The number of amides is 2. The lowest BCUT2D eigenvalue weighted by Gasteiger charge is -2.45. The van der Waals surface area contributed by atoms with E-state index in [0.717, 1.165) is 32.1 Å². The van der Waals surface area contributed by atoms with E-state index < -0.39 is 30.1 Å². The summed E-state index contributed by atoms with van der Waals surface area (Å²) in [7, 11) is 1.47. The predicted octanol–water partition coefficient (Wildman–Crippen LogP) is 2.09. The number of fused-ring (bicyclic) bond motifs is 3. The molecule has 0 saturated heterocycles. The van der Waals surface area contributed by atoms with Crippen LogP contribution in [0.5, 0.6) is 11.5 Å². The lowest BCUT2D eigenvalue weighted by atomic mass is 9.76. The van der Waals surface area contributed by atoms with Crippen LogP contribution in [0.2, 0.25) is 0 Å². The molecule has 0 radical (unpaired) electrons. The highest BCUT2D eigenvalue weighted by molar-refractivity contribution is 5.96. The molecule has 36 heavy (non-hydrogen) atoms.